The van der Waals surface area contributed by atoms with Crippen LogP contribution in [-0.4, -0.2) is 38.2 Å². The molecule has 4 aromatic rings. The highest BCUT2D eigenvalue weighted by molar-refractivity contribution is 7.99. The predicted molar refractivity (Wildman–Crippen MR) is 108 cm³/mol. The van der Waals surface area contributed by atoms with Crippen LogP contribution in [0.5, 0.6) is 5.75 Å². The molecule has 0 unspecified atom stereocenters. The standard InChI is InChI=1S/C20H17F3N4O2S/c1-29-16-9-5-2-6-13(16)12-26-17(28)14-7-3-4-8-15(14)27-18(26)24-25-19(27)30-11-10-20(21,22)23/h2-9H,10-12H2,1H3. The molecule has 0 radical (unpaired) electrons. The molecule has 0 saturated heterocycles. The second-order valence-corrected chi connectivity index (χ2v) is 7.61. The summed E-state index contributed by atoms with van der Waals surface area (Å²) in [6.07, 6.45) is -5.19. The molecule has 0 bridgehead atoms. The van der Waals surface area contributed by atoms with Crippen molar-refractivity contribution in [3.8, 4) is 5.75 Å². The molecule has 0 amide bonds. The van der Waals surface area contributed by atoms with E-state index in [2.05, 4.69) is 10.2 Å². The molecule has 0 aliphatic carbocycles. The van der Waals surface area contributed by atoms with Gasteiger partial charge in [0.2, 0.25) is 5.78 Å². The largest absolute Gasteiger partial charge is 0.496 e. The minimum Gasteiger partial charge on any atom is -0.496 e. The van der Waals surface area contributed by atoms with Crippen molar-refractivity contribution in [2.45, 2.75) is 24.3 Å². The molecule has 0 aliphatic heterocycles. The van der Waals surface area contributed by atoms with Crippen LogP contribution in [0, 0.1) is 0 Å². The highest BCUT2D eigenvalue weighted by Crippen LogP contribution is 2.27. The molecular formula is C20H17F3N4O2S. The van der Waals surface area contributed by atoms with Gasteiger partial charge in [-0.15, -0.1) is 10.2 Å². The molecule has 2 heterocycles. The van der Waals surface area contributed by atoms with Crippen LogP contribution in [0.2, 0.25) is 0 Å². The Balaban J connectivity index is 1.86. The van der Waals surface area contributed by atoms with Crippen LogP contribution < -0.4 is 10.3 Å². The fraction of sp³-hybridized carbons (Fsp3) is 0.250. The third-order valence-corrected chi connectivity index (χ3v) is 5.55. The van der Waals surface area contributed by atoms with Gasteiger partial charge < -0.3 is 4.74 Å². The molecule has 0 fully saturated rings. The number of rotatable bonds is 6. The summed E-state index contributed by atoms with van der Waals surface area (Å²) in [5, 5.41) is 8.93. The first-order valence-corrected chi connectivity index (χ1v) is 10.1. The van der Waals surface area contributed by atoms with Crippen LogP contribution in [0.15, 0.2) is 58.5 Å². The lowest BCUT2D eigenvalue weighted by molar-refractivity contribution is -0.129. The topological polar surface area (TPSA) is 61.4 Å². The van der Waals surface area contributed by atoms with E-state index in [4.69, 9.17) is 4.74 Å². The van der Waals surface area contributed by atoms with E-state index >= 15 is 0 Å². The van der Waals surface area contributed by atoms with Gasteiger partial charge in [0.05, 0.1) is 31.0 Å². The van der Waals surface area contributed by atoms with Crippen molar-refractivity contribution < 1.29 is 17.9 Å². The number of nitrogens with zero attached hydrogens (tertiary/aromatic N) is 4. The fourth-order valence-electron chi connectivity index (χ4n) is 3.23. The number of fused-ring (bicyclic) bond motifs is 3. The molecule has 6 nitrogen and oxygen atoms in total. The fourth-order valence-corrected chi connectivity index (χ4v) is 4.16. The van der Waals surface area contributed by atoms with Gasteiger partial charge in [0, 0.05) is 11.3 Å². The van der Waals surface area contributed by atoms with Gasteiger partial charge in [-0.25, -0.2) is 0 Å². The Morgan fingerprint density at radius 2 is 1.80 bits per heavy atom. The van der Waals surface area contributed by atoms with Gasteiger partial charge in [0.1, 0.15) is 5.75 Å². The van der Waals surface area contributed by atoms with Crippen molar-refractivity contribution in [3.05, 3.63) is 64.4 Å². The van der Waals surface area contributed by atoms with E-state index in [0.29, 0.717) is 21.8 Å². The number of alkyl halides is 3. The average Bonchev–Trinajstić information content (AvgIpc) is 3.14. The minimum atomic E-state index is -4.25. The highest BCUT2D eigenvalue weighted by Gasteiger charge is 2.27. The third kappa shape index (κ3) is 3.87. The van der Waals surface area contributed by atoms with Gasteiger partial charge in [-0.05, 0) is 18.2 Å². The molecule has 156 valence electrons. The first kappa shape index (κ1) is 20.3. The van der Waals surface area contributed by atoms with Crippen molar-refractivity contribution in [1.29, 1.82) is 0 Å². The molecule has 0 atom stereocenters. The van der Waals surface area contributed by atoms with E-state index in [1.807, 2.05) is 18.2 Å². The number of para-hydroxylation sites is 2. The Hall–Kier alpha value is -3.01. The molecule has 4 rings (SSSR count). The SMILES string of the molecule is COc1ccccc1Cn1c(=O)c2ccccc2n2c(SCCC(F)(F)F)nnc12. The second-order valence-electron chi connectivity index (χ2n) is 6.55. The van der Waals surface area contributed by atoms with E-state index < -0.39 is 12.6 Å². The summed E-state index contributed by atoms with van der Waals surface area (Å²) in [6, 6.07) is 14.2. The molecule has 0 N–H and O–H groups in total. The summed E-state index contributed by atoms with van der Waals surface area (Å²) in [4.78, 5) is 13.2. The molecule has 2 aromatic carbocycles. The molecule has 30 heavy (non-hydrogen) atoms. The van der Waals surface area contributed by atoms with E-state index in [1.165, 1.54) is 4.57 Å². The lowest BCUT2D eigenvalue weighted by atomic mass is 10.2. The molecular weight excluding hydrogens is 417 g/mol. The van der Waals surface area contributed by atoms with Crippen molar-refractivity contribution in [2.75, 3.05) is 12.9 Å². The average molecular weight is 434 g/mol. The maximum Gasteiger partial charge on any atom is 0.389 e. The van der Waals surface area contributed by atoms with E-state index in [9.17, 15) is 18.0 Å². The monoisotopic (exact) mass is 434 g/mol. The summed E-state index contributed by atoms with van der Waals surface area (Å²) in [6.45, 7) is 0.183. The Morgan fingerprint density at radius 1 is 1.07 bits per heavy atom. The second kappa shape index (κ2) is 8.02. The van der Waals surface area contributed by atoms with Gasteiger partial charge in [-0.3, -0.25) is 13.8 Å². The first-order valence-electron chi connectivity index (χ1n) is 9.07. The highest BCUT2D eigenvalue weighted by atomic mass is 32.2. The van der Waals surface area contributed by atoms with Gasteiger partial charge in [0.15, 0.2) is 5.16 Å². The summed E-state index contributed by atoms with van der Waals surface area (Å²) >= 11 is 0.956. The number of methoxy groups -OCH3 is 1. The van der Waals surface area contributed by atoms with E-state index in [-0.39, 0.29) is 23.6 Å². The van der Waals surface area contributed by atoms with Gasteiger partial charge in [-0.2, -0.15) is 13.2 Å². The smallest absolute Gasteiger partial charge is 0.389 e. The quantitative estimate of drug-likeness (QED) is 0.427. The molecule has 2 aromatic heterocycles. The lowest BCUT2D eigenvalue weighted by Gasteiger charge is -2.13. The van der Waals surface area contributed by atoms with Crippen LogP contribution in [0.25, 0.3) is 16.7 Å². The van der Waals surface area contributed by atoms with E-state index in [0.717, 1.165) is 17.3 Å². The number of halogens is 3. The Labute approximate surface area is 173 Å². The predicted octanol–water partition coefficient (Wildman–Crippen LogP) is 4.15. The maximum atomic E-state index is 13.2. The zero-order valence-corrected chi connectivity index (χ0v) is 16.7. The van der Waals surface area contributed by atoms with Crippen LogP contribution >= 0.6 is 11.8 Å². The summed E-state index contributed by atoms with van der Waals surface area (Å²) in [5.74, 6) is 0.693. The van der Waals surface area contributed by atoms with E-state index in [1.54, 1.807) is 41.8 Å². The Bertz CT molecular complexity index is 1270. The van der Waals surface area contributed by atoms with Crippen LogP contribution in [0.1, 0.15) is 12.0 Å². The van der Waals surface area contributed by atoms with Gasteiger partial charge >= 0.3 is 6.18 Å². The normalized spacial score (nSPS) is 12.0. The van der Waals surface area contributed by atoms with Gasteiger partial charge in [-0.1, -0.05) is 42.1 Å². The van der Waals surface area contributed by atoms with Crippen LogP contribution in [-0.2, 0) is 6.54 Å². The number of hydrogen-bond acceptors (Lipinski definition) is 5. The van der Waals surface area contributed by atoms with Crippen molar-refractivity contribution in [1.82, 2.24) is 19.2 Å². The van der Waals surface area contributed by atoms with Crippen molar-refractivity contribution >= 4 is 28.4 Å². The molecule has 0 aliphatic rings. The maximum absolute atomic E-state index is 13.2. The summed E-state index contributed by atoms with van der Waals surface area (Å²) in [7, 11) is 1.55. The zero-order valence-electron chi connectivity index (χ0n) is 15.9. The van der Waals surface area contributed by atoms with Crippen LogP contribution in [0.3, 0.4) is 0 Å². The molecule has 10 heteroatoms. The summed E-state index contributed by atoms with van der Waals surface area (Å²) < 4.78 is 46.2. The minimum absolute atomic E-state index is 0.183. The van der Waals surface area contributed by atoms with Crippen molar-refractivity contribution in [2.24, 2.45) is 0 Å². The number of hydrogen-bond donors (Lipinski definition) is 0. The first-order chi connectivity index (χ1) is 14.4. The number of aromatic nitrogens is 4. The van der Waals surface area contributed by atoms with Crippen LogP contribution in [0.4, 0.5) is 13.2 Å². The molecule has 0 saturated carbocycles. The zero-order chi connectivity index (χ0) is 21.3. The summed E-state index contributed by atoms with van der Waals surface area (Å²) in [5.41, 5.74) is 1.06. The number of ether oxygens (including phenoxy) is 1. The lowest BCUT2D eigenvalue weighted by Crippen LogP contribution is -2.24. The van der Waals surface area contributed by atoms with Crippen molar-refractivity contribution in [3.63, 3.8) is 0 Å². The number of thioether (sulfide) groups is 1. The Kier molecular flexibility index (Phi) is 5.42. The molecule has 0 spiro atoms. The van der Waals surface area contributed by atoms with Gasteiger partial charge in [0.25, 0.3) is 5.56 Å². The Morgan fingerprint density at radius 3 is 2.57 bits per heavy atom. The number of benzene rings is 2. The third-order valence-electron chi connectivity index (χ3n) is 4.62.